The van der Waals surface area contributed by atoms with E-state index in [4.69, 9.17) is 10.8 Å². The number of nitrogens with one attached hydrogen (secondary N) is 1. The van der Waals surface area contributed by atoms with E-state index in [1.165, 1.54) is 10.5 Å². The monoisotopic (exact) mass is 419 g/mol. The van der Waals surface area contributed by atoms with Crippen LogP contribution in [0.15, 0.2) is 72.5 Å². The number of anilines is 1. The van der Waals surface area contributed by atoms with E-state index < -0.39 is 6.04 Å². The minimum atomic E-state index is -0.798. The highest BCUT2D eigenvalue weighted by atomic mass is 16.3. The van der Waals surface area contributed by atoms with Gasteiger partial charge in [-0.05, 0) is 42.3 Å². The van der Waals surface area contributed by atoms with Crippen LogP contribution in [0.25, 0.3) is 11.3 Å². The number of aliphatic hydroxyl groups excluding tert-OH is 1. The minimum absolute atomic E-state index is 0.0621. The molecule has 0 aliphatic carbocycles. The molecule has 1 aliphatic rings. The molecule has 2 heterocycles. The zero-order valence-electron chi connectivity index (χ0n) is 18.2. The van der Waals surface area contributed by atoms with Gasteiger partial charge in [0, 0.05) is 31.9 Å². The minimum Gasteiger partial charge on any atom is -0.392 e. The Balaban J connectivity index is 1.88. The quantitative estimate of drug-likeness (QED) is 0.598. The summed E-state index contributed by atoms with van der Waals surface area (Å²) in [7, 11) is 3.36. The molecule has 4 N–H and O–H groups in total. The van der Waals surface area contributed by atoms with Crippen molar-refractivity contribution in [3.8, 4) is 11.3 Å². The fourth-order valence-corrected chi connectivity index (χ4v) is 3.29. The molecule has 1 aliphatic heterocycles. The number of nitrogens with two attached hydrogens (primary N) is 1. The largest absolute Gasteiger partial charge is 0.392 e. The molecule has 0 bridgehead atoms. The van der Waals surface area contributed by atoms with Crippen LogP contribution < -0.4 is 16.2 Å². The molecule has 7 nitrogen and oxygen atoms in total. The number of benzene rings is 1. The number of nitrogens with zero attached hydrogens (tertiary/aromatic N) is 3. The van der Waals surface area contributed by atoms with E-state index in [0.29, 0.717) is 11.3 Å². The fourth-order valence-electron chi connectivity index (χ4n) is 3.29. The Morgan fingerprint density at radius 1 is 1.39 bits per heavy atom. The highest BCUT2D eigenvalue weighted by molar-refractivity contribution is 5.82. The normalized spacial score (nSPS) is 14.6. The van der Waals surface area contributed by atoms with Gasteiger partial charge in [-0.15, -0.1) is 0 Å². The van der Waals surface area contributed by atoms with Gasteiger partial charge in [-0.3, -0.25) is 14.8 Å². The number of rotatable bonds is 7. The molecular weight excluding hydrogens is 390 g/mol. The third-order valence-corrected chi connectivity index (χ3v) is 5.07. The molecule has 0 saturated heterocycles. The summed E-state index contributed by atoms with van der Waals surface area (Å²) < 4.78 is 0. The number of aliphatic hydroxyl groups is 1. The lowest BCUT2D eigenvalue weighted by molar-refractivity contribution is -0.130. The molecule has 3 rings (SSSR count). The van der Waals surface area contributed by atoms with Crippen molar-refractivity contribution in [2.24, 2.45) is 5.73 Å². The Bertz CT molecular complexity index is 1040. The maximum atomic E-state index is 12.2. The first-order chi connectivity index (χ1) is 14.8. The van der Waals surface area contributed by atoms with E-state index in [1.54, 1.807) is 26.2 Å². The van der Waals surface area contributed by atoms with Gasteiger partial charge >= 0.3 is 0 Å². The average Bonchev–Trinajstić information content (AvgIpc) is 3.21. The van der Waals surface area contributed by atoms with Crippen LogP contribution in [-0.4, -0.2) is 41.6 Å². The summed E-state index contributed by atoms with van der Waals surface area (Å²) in [6, 6.07) is 10.9. The molecule has 1 aromatic carbocycles. The van der Waals surface area contributed by atoms with Crippen molar-refractivity contribution in [3.05, 3.63) is 83.7 Å². The summed E-state index contributed by atoms with van der Waals surface area (Å²) in [5.74, 6) is -0.188. The number of carbonyl (C=O) groups excluding carboxylic acids is 1. The molecule has 0 fully saturated rings. The number of hydrazine groups is 1. The summed E-state index contributed by atoms with van der Waals surface area (Å²) in [6.07, 6.45) is 5.61. The molecule has 1 unspecified atom stereocenters. The topological polar surface area (TPSA) is 94.7 Å². The number of hydrogen-bond acceptors (Lipinski definition) is 6. The van der Waals surface area contributed by atoms with Crippen LogP contribution in [0.3, 0.4) is 0 Å². The SMILES string of the molecule is C=C(/C=C\C=C(/C)N1NCc2ccc(-c3cccc(C(N)C(=O)N(C)C)n3)cc21)CO. The second-order valence-corrected chi connectivity index (χ2v) is 7.66. The van der Waals surface area contributed by atoms with E-state index in [1.807, 2.05) is 42.3 Å². The smallest absolute Gasteiger partial charge is 0.245 e. The molecule has 162 valence electrons. The van der Waals surface area contributed by atoms with Gasteiger partial charge in [0.2, 0.25) is 5.91 Å². The van der Waals surface area contributed by atoms with Crippen molar-refractivity contribution < 1.29 is 9.90 Å². The van der Waals surface area contributed by atoms with Gasteiger partial charge in [-0.25, -0.2) is 5.43 Å². The number of hydrogen-bond donors (Lipinski definition) is 3. The van der Waals surface area contributed by atoms with Crippen LogP contribution >= 0.6 is 0 Å². The summed E-state index contributed by atoms with van der Waals surface area (Å²) >= 11 is 0. The summed E-state index contributed by atoms with van der Waals surface area (Å²) in [5, 5.41) is 11.1. The van der Waals surface area contributed by atoms with Crippen LogP contribution in [0.2, 0.25) is 0 Å². The lowest BCUT2D eigenvalue weighted by Crippen LogP contribution is -2.33. The Labute approximate surface area is 183 Å². The molecule has 31 heavy (non-hydrogen) atoms. The van der Waals surface area contributed by atoms with E-state index >= 15 is 0 Å². The van der Waals surface area contributed by atoms with Crippen LogP contribution in [0.4, 0.5) is 5.69 Å². The third kappa shape index (κ3) is 5.08. The molecule has 1 aromatic heterocycles. The van der Waals surface area contributed by atoms with Crippen molar-refractivity contribution in [2.75, 3.05) is 25.7 Å². The Morgan fingerprint density at radius 2 is 2.16 bits per heavy atom. The molecule has 0 saturated carbocycles. The average molecular weight is 420 g/mol. The fraction of sp³-hybridized carbons (Fsp3) is 0.250. The van der Waals surface area contributed by atoms with Gasteiger partial charge < -0.3 is 15.7 Å². The number of carbonyl (C=O) groups is 1. The van der Waals surface area contributed by atoms with Gasteiger partial charge in [0.25, 0.3) is 0 Å². The van der Waals surface area contributed by atoms with Crippen molar-refractivity contribution >= 4 is 11.6 Å². The highest BCUT2D eigenvalue weighted by Gasteiger charge is 2.22. The van der Waals surface area contributed by atoms with Gasteiger partial charge in [-0.1, -0.05) is 36.9 Å². The van der Waals surface area contributed by atoms with Crippen LogP contribution in [0, 0.1) is 0 Å². The standard InChI is InChI=1S/C24H29N5O2/c1-16(15-30)7-5-8-17(2)29-22-13-18(11-12-19(22)14-26-29)20-9-6-10-21(27-20)23(25)24(31)28(3)4/h5-13,23,26,30H,1,14-15,25H2,2-4H3/b7-5-,17-8+. The first-order valence-corrected chi connectivity index (χ1v) is 10.1. The lowest BCUT2D eigenvalue weighted by atomic mass is 10.1. The van der Waals surface area contributed by atoms with E-state index in [0.717, 1.165) is 29.2 Å². The molecule has 1 amide bonds. The van der Waals surface area contributed by atoms with Crippen molar-refractivity contribution in [3.63, 3.8) is 0 Å². The number of likely N-dealkylation sites (N-methyl/N-ethyl adjacent to an activating group) is 1. The maximum Gasteiger partial charge on any atom is 0.245 e. The van der Waals surface area contributed by atoms with Gasteiger partial charge in [0.15, 0.2) is 0 Å². The maximum absolute atomic E-state index is 12.2. The van der Waals surface area contributed by atoms with E-state index in [9.17, 15) is 4.79 Å². The number of pyridine rings is 1. The summed E-state index contributed by atoms with van der Waals surface area (Å²) in [4.78, 5) is 18.3. The van der Waals surface area contributed by atoms with Crippen LogP contribution in [0.5, 0.6) is 0 Å². The Hall–Kier alpha value is -3.26. The molecule has 2 aromatic rings. The molecule has 7 heteroatoms. The second-order valence-electron chi connectivity index (χ2n) is 7.66. The zero-order valence-corrected chi connectivity index (χ0v) is 18.2. The van der Waals surface area contributed by atoms with Gasteiger partial charge in [0.1, 0.15) is 6.04 Å². The third-order valence-electron chi connectivity index (χ3n) is 5.07. The zero-order chi connectivity index (χ0) is 22.5. The molecule has 0 spiro atoms. The number of allylic oxidation sites excluding steroid dienone is 3. The lowest BCUT2D eigenvalue weighted by Gasteiger charge is -2.20. The summed E-state index contributed by atoms with van der Waals surface area (Å²) in [5.41, 5.74) is 15.6. The van der Waals surface area contributed by atoms with Crippen molar-refractivity contribution in [1.29, 1.82) is 0 Å². The number of aromatic nitrogens is 1. The number of fused-ring (bicyclic) bond motifs is 1. The van der Waals surface area contributed by atoms with E-state index in [-0.39, 0.29) is 12.5 Å². The predicted molar refractivity (Wildman–Crippen MR) is 124 cm³/mol. The van der Waals surface area contributed by atoms with E-state index in [2.05, 4.69) is 29.1 Å². The predicted octanol–water partition coefficient (Wildman–Crippen LogP) is 2.67. The first-order valence-electron chi connectivity index (χ1n) is 10.1. The Morgan fingerprint density at radius 3 is 2.87 bits per heavy atom. The summed E-state index contributed by atoms with van der Waals surface area (Å²) in [6.45, 7) is 6.42. The van der Waals surface area contributed by atoms with Crippen LogP contribution in [0.1, 0.15) is 24.2 Å². The van der Waals surface area contributed by atoms with Crippen molar-refractivity contribution in [1.82, 2.24) is 15.3 Å². The van der Waals surface area contributed by atoms with Gasteiger partial charge in [0.05, 0.1) is 23.7 Å². The molecule has 1 atom stereocenters. The highest BCUT2D eigenvalue weighted by Crippen LogP contribution is 2.32. The Kier molecular flexibility index (Phi) is 7.02. The molecule has 0 radical (unpaired) electrons. The second kappa shape index (κ2) is 9.70. The number of amides is 1. The molecular formula is C24H29N5O2. The van der Waals surface area contributed by atoms with Gasteiger partial charge in [-0.2, -0.15) is 0 Å². The first kappa shape index (κ1) is 22.4. The van der Waals surface area contributed by atoms with Crippen molar-refractivity contribution in [2.45, 2.75) is 19.5 Å². The van der Waals surface area contributed by atoms with Crippen LogP contribution in [-0.2, 0) is 11.3 Å².